The third kappa shape index (κ3) is 4.17. The highest BCUT2D eigenvalue weighted by Crippen LogP contribution is 2.43. The van der Waals surface area contributed by atoms with Crippen LogP contribution >= 0.6 is 11.8 Å². The van der Waals surface area contributed by atoms with Crippen LogP contribution in [-0.4, -0.2) is 41.2 Å². The molecule has 1 aliphatic heterocycles. The molecule has 0 fully saturated rings. The standard InChI is InChI=1S/C28H27N3O3S/c1-30-23-7-5-4-6-22(23)25-26(19-10-12-20(34-2)13-11-19)31(28(33)27(25)30)17-24(32)29-16-18-8-14-21(35-3)15-9-18/h4-15,26H,16-17H2,1-3H3,(H,29,32). The molecule has 6 nitrogen and oxygen atoms in total. The molecule has 5 rings (SSSR count). The number of aryl methyl sites for hydroxylation is 1. The van der Waals surface area contributed by atoms with E-state index in [0.717, 1.165) is 33.3 Å². The summed E-state index contributed by atoms with van der Waals surface area (Å²) in [5, 5.41) is 4.00. The van der Waals surface area contributed by atoms with Crippen LogP contribution in [0.1, 0.15) is 33.2 Å². The highest BCUT2D eigenvalue weighted by atomic mass is 32.2. The topological polar surface area (TPSA) is 63.6 Å². The van der Waals surface area contributed by atoms with E-state index in [2.05, 4.69) is 5.32 Å². The van der Waals surface area contributed by atoms with Crippen molar-refractivity contribution >= 4 is 34.5 Å². The van der Waals surface area contributed by atoms with E-state index in [1.807, 2.05) is 90.7 Å². The summed E-state index contributed by atoms with van der Waals surface area (Å²) in [5.74, 6) is 0.412. The number of ether oxygens (including phenoxy) is 1. The lowest BCUT2D eigenvalue weighted by atomic mass is 9.98. The Kier molecular flexibility index (Phi) is 6.26. The zero-order chi connectivity index (χ0) is 24.5. The molecule has 0 saturated heterocycles. The van der Waals surface area contributed by atoms with E-state index in [9.17, 15) is 9.59 Å². The van der Waals surface area contributed by atoms with Crippen LogP contribution in [0.15, 0.2) is 77.7 Å². The van der Waals surface area contributed by atoms with Crippen molar-refractivity contribution in [3.05, 3.63) is 95.2 Å². The highest BCUT2D eigenvalue weighted by molar-refractivity contribution is 7.98. The van der Waals surface area contributed by atoms with Gasteiger partial charge in [0.25, 0.3) is 5.91 Å². The zero-order valence-corrected chi connectivity index (χ0v) is 20.8. The van der Waals surface area contributed by atoms with Crippen LogP contribution in [0.4, 0.5) is 0 Å². The Bertz CT molecular complexity index is 1390. The first-order valence-corrected chi connectivity index (χ1v) is 12.7. The molecule has 0 radical (unpaired) electrons. The smallest absolute Gasteiger partial charge is 0.272 e. The molecule has 1 unspecified atom stereocenters. The number of thioether (sulfide) groups is 1. The first-order valence-electron chi connectivity index (χ1n) is 11.4. The van der Waals surface area contributed by atoms with E-state index in [-0.39, 0.29) is 24.4 Å². The van der Waals surface area contributed by atoms with Gasteiger partial charge in [-0.3, -0.25) is 9.59 Å². The van der Waals surface area contributed by atoms with Gasteiger partial charge in [-0.05, 0) is 47.7 Å². The summed E-state index contributed by atoms with van der Waals surface area (Å²) in [6.45, 7) is 0.389. The molecule has 3 aromatic carbocycles. The van der Waals surface area contributed by atoms with Gasteiger partial charge < -0.3 is 19.5 Å². The van der Waals surface area contributed by atoms with Gasteiger partial charge in [-0.25, -0.2) is 0 Å². The third-order valence-electron chi connectivity index (χ3n) is 6.59. The molecule has 0 spiro atoms. The summed E-state index contributed by atoms with van der Waals surface area (Å²) >= 11 is 1.68. The van der Waals surface area contributed by atoms with Crippen molar-refractivity contribution in [1.82, 2.24) is 14.8 Å². The Morgan fingerprint density at radius 2 is 1.74 bits per heavy atom. The van der Waals surface area contributed by atoms with Crippen molar-refractivity contribution in [2.45, 2.75) is 17.5 Å². The summed E-state index contributed by atoms with van der Waals surface area (Å²) in [6.07, 6.45) is 2.03. The first-order chi connectivity index (χ1) is 17.0. The molecule has 1 atom stereocenters. The van der Waals surface area contributed by atoms with Crippen LogP contribution in [0, 0.1) is 0 Å². The Labute approximate surface area is 208 Å². The quantitative estimate of drug-likeness (QED) is 0.383. The number of carbonyl (C=O) groups excluding carboxylic acids is 2. The third-order valence-corrected chi connectivity index (χ3v) is 7.33. The van der Waals surface area contributed by atoms with Crippen molar-refractivity contribution in [3.63, 3.8) is 0 Å². The van der Waals surface area contributed by atoms with Gasteiger partial charge in [0.2, 0.25) is 5.91 Å². The number of carbonyl (C=O) groups is 2. The molecule has 2 amide bonds. The summed E-state index contributed by atoms with van der Waals surface area (Å²) in [5.41, 5.74) is 4.54. The van der Waals surface area contributed by atoms with E-state index in [1.165, 1.54) is 4.90 Å². The lowest BCUT2D eigenvalue weighted by Crippen LogP contribution is -2.39. The van der Waals surface area contributed by atoms with Gasteiger partial charge in [-0.1, -0.05) is 42.5 Å². The molecule has 7 heteroatoms. The Morgan fingerprint density at radius 1 is 1.03 bits per heavy atom. The van der Waals surface area contributed by atoms with Gasteiger partial charge in [0.05, 0.1) is 13.2 Å². The van der Waals surface area contributed by atoms with Crippen LogP contribution in [0.5, 0.6) is 5.75 Å². The minimum absolute atomic E-state index is 0.0264. The summed E-state index contributed by atoms with van der Waals surface area (Å²) in [7, 11) is 3.54. The normalized spacial score (nSPS) is 14.9. The van der Waals surface area contributed by atoms with E-state index in [0.29, 0.717) is 12.2 Å². The maximum atomic E-state index is 13.7. The molecule has 35 heavy (non-hydrogen) atoms. The Hall–Kier alpha value is -3.71. The number of para-hydroxylation sites is 1. The SMILES string of the molecule is COc1ccc(C2c3c(n(C)c4ccccc34)C(=O)N2CC(=O)NCc2ccc(SC)cc2)cc1. The molecule has 4 aromatic rings. The average molecular weight is 486 g/mol. The number of benzene rings is 3. The maximum absolute atomic E-state index is 13.7. The van der Waals surface area contributed by atoms with Gasteiger partial charge in [0.1, 0.15) is 18.0 Å². The minimum Gasteiger partial charge on any atom is -0.497 e. The molecule has 1 N–H and O–H groups in total. The zero-order valence-electron chi connectivity index (χ0n) is 19.9. The number of aromatic nitrogens is 1. The van der Waals surface area contributed by atoms with E-state index < -0.39 is 0 Å². The fourth-order valence-corrected chi connectivity index (χ4v) is 5.23. The number of nitrogens with one attached hydrogen (secondary N) is 1. The van der Waals surface area contributed by atoms with Gasteiger partial charge in [-0.2, -0.15) is 0 Å². The first kappa shape index (κ1) is 23.1. The molecule has 0 saturated carbocycles. The van der Waals surface area contributed by atoms with Gasteiger partial charge in [-0.15, -0.1) is 11.8 Å². The predicted molar refractivity (Wildman–Crippen MR) is 139 cm³/mol. The molecule has 1 aromatic heterocycles. The van der Waals surface area contributed by atoms with Crippen molar-refractivity contribution < 1.29 is 14.3 Å². The van der Waals surface area contributed by atoms with Crippen LogP contribution in [-0.2, 0) is 18.4 Å². The van der Waals surface area contributed by atoms with Crippen molar-refractivity contribution in [3.8, 4) is 5.75 Å². The monoisotopic (exact) mass is 485 g/mol. The molecule has 1 aliphatic rings. The second-order valence-corrected chi connectivity index (χ2v) is 9.45. The lowest BCUT2D eigenvalue weighted by Gasteiger charge is -2.26. The Morgan fingerprint density at radius 3 is 2.43 bits per heavy atom. The molecular weight excluding hydrogens is 458 g/mol. The van der Waals surface area contributed by atoms with E-state index in [4.69, 9.17) is 4.74 Å². The molecular formula is C28H27N3O3S. The molecule has 0 bridgehead atoms. The second-order valence-electron chi connectivity index (χ2n) is 8.57. The number of methoxy groups -OCH3 is 1. The minimum atomic E-state index is -0.360. The van der Waals surface area contributed by atoms with Crippen LogP contribution in [0.3, 0.4) is 0 Å². The predicted octanol–water partition coefficient (Wildman–Crippen LogP) is 4.77. The Balaban J connectivity index is 1.45. The summed E-state index contributed by atoms with van der Waals surface area (Å²) in [4.78, 5) is 29.5. The van der Waals surface area contributed by atoms with Crippen LogP contribution in [0.2, 0.25) is 0 Å². The van der Waals surface area contributed by atoms with Gasteiger partial charge in [0.15, 0.2) is 0 Å². The number of rotatable bonds is 7. The summed E-state index contributed by atoms with van der Waals surface area (Å²) in [6, 6.07) is 23.5. The molecule has 2 heterocycles. The fraction of sp³-hybridized carbons (Fsp3) is 0.214. The van der Waals surface area contributed by atoms with Crippen LogP contribution < -0.4 is 10.1 Å². The fourth-order valence-electron chi connectivity index (χ4n) is 4.82. The number of hydrogen-bond acceptors (Lipinski definition) is 4. The number of fused-ring (bicyclic) bond motifs is 3. The average Bonchev–Trinajstić information content (AvgIpc) is 3.35. The summed E-state index contributed by atoms with van der Waals surface area (Å²) < 4.78 is 7.27. The van der Waals surface area contributed by atoms with E-state index >= 15 is 0 Å². The van der Waals surface area contributed by atoms with E-state index in [1.54, 1.807) is 23.8 Å². The maximum Gasteiger partial charge on any atom is 0.272 e. The van der Waals surface area contributed by atoms with Crippen LogP contribution in [0.25, 0.3) is 10.9 Å². The van der Waals surface area contributed by atoms with Crippen molar-refractivity contribution in [1.29, 1.82) is 0 Å². The van der Waals surface area contributed by atoms with Gasteiger partial charge in [0, 0.05) is 35.0 Å². The largest absolute Gasteiger partial charge is 0.497 e. The molecule has 178 valence electrons. The second kappa shape index (κ2) is 9.50. The van der Waals surface area contributed by atoms with Crippen molar-refractivity contribution in [2.75, 3.05) is 19.9 Å². The molecule has 0 aliphatic carbocycles. The van der Waals surface area contributed by atoms with Gasteiger partial charge >= 0.3 is 0 Å². The van der Waals surface area contributed by atoms with Crippen molar-refractivity contribution in [2.24, 2.45) is 7.05 Å². The number of hydrogen-bond donors (Lipinski definition) is 1. The highest BCUT2D eigenvalue weighted by Gasteiger charge is 2.42. The number of nitrogens with zero attached hydrogens (tertiary/aromatic N) is 2. The lowest BCUT2D eigenvalue weighted by molar-refractivity contribution is -0.122. The number of amides is 2.